The quantitative estimate of drug-likeness (QED) is 0.718. The lowest BCUT2D eigenvalue weighted by molar-refractivity contribution is -0.121. The summed E-state index contributed by atoms with van der Waals surface area (Å²) in [5.74, 6) is -0.533. The first-order valence-corrected chi connectivity index (χ1v) is 9.59. The molecule has 0 unspecified atom stereocenters. The van der Waals surface area contributed by atoms with Gasteiger partial charge in [0.2, 0.25) is 0 Å². The van der Waals surface area contributed by atoms with Crippen LogP contribution in [0.5, 0.6) is 0 Å². The van der Waals surface area contributed by atoms with Gasteiger partial charge in [-0.1, -0.05) is 22.0 Å². The number of anilines is 1. The molecule has 0 aliphatic carbocycles. The molecule has 128 valence electrons. The number of nitrogens with zero attached hydrogens (tertiary/aromatic N) is 2. The number of carbonyl (C=O) groups excluding carboxylic acids is 2. The highest BCUT2D eigenvalue weighted by molar-refractivity contribution is 9.10. The van der Waals surface area contributed by atoms with Gasteiger partial charge in [0.15, 0.2) is 0 Å². The molecule has 25 heavy (non-hydrogen) atoms. The van der Waals surface area contributed by atoms with Crippen molar-refractivity contribution < 1.29 is 14.3 Å². The van der Waals surface area contributed by atoms with Crippen LogP contribution in [0, 0.1) is 0 Å². The number of halogens is 1. The summed E-state index contributed by atoms with van der Waals surface area (Å²) in [6.07, 6.45) is 0. The van der Waals surface area contributed by atoms with E-state index in [0.29, 0.717) is 43.3 Å². The molecule has 2 aromatic rings. The number of benzene rings is 1. The predicted molar refractivity (Wildman–Crippen MR) is 100 cm³/mol. The average molecular weight is 419 g/mol. The summed E-state index contributed by atoms with van der Waals surface area (Å²) in [6, 6.07) is 11.0. The summed E-state index contributed by atoms with van der Waals surface area (Å²) in [6.45, 7) is 2.33. The molecule has 0 radical (unpaired) electrons. The Balaban J connectivity index is 1.79. The lowest BCUT2D eigenvalue weighted by atomic mass is 10.1. The van der Waals surface area contributed by atoms with Crippen molar-refractivity contribution in [2.75, 3.05) is 31.2 Å². The van der Waals surface area contributed by atoms with Crippen LogP contribution in [-0.2, 0) is 14.3 Å². The van der Waals surface area contributed by atoms with Crippen molar-refractivity contribution in [2.45, 2.75) is 0 Å². The van der Waals surface area contributed by atoms with Crippen LogP contribution < -0.4 is 4.90 Å². The van der Waals surface area contributed by atoms with E-state index in [4.69, 9.17) is 4.74 Å². The molecule has 1 fully saturated rings. The van der Waals surface area contributed by atoms with E-state index in [-0.39, 0.29) is 11.8 Å². The lowest BCUT2D eigenvalue weighted by Crippen LogP contribution is -2.40. The minimum atomic E-state index is -0.267. The summed E-state index contributed by atoms with van der Waals surface area (Å²) >= 11 is 4.85. The highest BCUT2D eigenvalue weighted by Gasteiger charge is 2.43. The van der Waals surface area contributed by atoms with Crippen LogP contribution in [0.4, 0.5) is 5.69 Å². The van der Waals surface area contributed by atoms with Crippen molar-refractivity contribution >= 4 is 50.3 Å². The Hall–Kier alpha value is -1.96. The highest BCUT2D eigenvalue weighted by atomic mass is 79.9. The number of ether oxygens (including phenoxy) is 1. The third-order valence-corrected chi connectivity index (χ3v) is 5.66. The molecule has 0 spiro atoms. The van der Waals surface area contributed by atoms with Gasteiger partial charge in [-0.3, -0.25) is 9.59 Å². The standard InChI is InChI=1S/C18H15BrN2O3S/c19-12-3-5-13(6-4-12)21-17(22)15(14-2-1-11-25-14)16(18(21)23)20-7-9-24-10-8-20/h1-6,11H,7-10H2. The summed E-state index contributed by atoms with van der Waals surface area (Å²) in [7, 11) is 0. The summed E-state index contributed by atoms with van der Waals surface area (Å²) in [5.41, 5.74) is 1.55. The van der Waals surface area contributed by atoms with Crippen molar-refractivity contribution in [3.8, 4) is 0 Å². The molecule has 3 heterocycles. The molecular formula is C18H15BrN2O3S. The Morgan fingerprint density at radius 2 is 1.72 bits per heavy atom. The van der Waals surface area contributed by atoms with Gasteiger partial charge < -0.3 is 9.64 Å². The summed E-state index contributed by atoms with van der Waals surface area (Å²) < 4.78 is 6.29. The van der Waals surface area contributed by atoms with Gasteiger partial charge in [0.1, 0.15) is 5.70 Å². The Morgan fingerprint density at radius 1 is 1.00 bits per heavy atom. The molecule has 7 heteroatoms. The van der Waals surface area contributed by atoms with E-state index in [1.54, 1.807) is 12.1 Å². The van der Waals surface area contributed by atoms with Crippen molar-refractivity contribution in [3.05, 3.63) is 56.8 Å². The number of carbonyl (C=O) groups is 2. The molecule has 0 saturated carbocycles. The molecule has 0 bridgehead atoms. The largest absolute Gasteiger partial charge is 0.378 e. The molecule has 1 aromatic heterocycles. The number of morpholine rings is 1. The second-order valence-electron chi connectivity index (χ2n) is 5.72. The number of hydrogen-bond acceptors (Lipinski definition) is 5. The first-order chi connectivity index (χ1) is 12.2. The van der Waals surface area contributed by atoms with E-state index in [1.165, 1.54) is 16.2 Å². The van der Waals surface area contributed by atoms with Crippen LogP contribution in [0.1, 0.15) is 4.88 Å². The molecule has 0 N–H and O–H groups in total. The molecule has 2 aliphatic heterocycles. The van der Waals surface area contributed by atoms with Crippen LogP contribution in [0.3, 0.4) is 0 Å². The van der Waals surface area contributed by atoms with Crippen molar-refractivity contribution in [1.29, 1.82) is 0 Å². The normalized spacial score (nSPS) is 18.4. The SMILES string of the molecule is O=C1C(c2cccs2)=C(N2CCOCC2)C(=O)N1c1ccc(Br)cc1. The van der Waals surface area contributed by atoms with E-state index in [1.807, 2.05) is 34.5 Å². The predicted octanol–water partition coefficient (Wildman–Crippen LogP) is 3.13. The number of amides is 2. The first-order valence-electron chi connectivity index (χ1n) is 7.92. The number of rotatable bonds is 3. The van der Waals surface area contributed by atoms with Gasteiger partial charge in [-0.05, 0) is 35.7 Å². The first kappa shape index (κ1) is 16.5. The third kappa shape index (κ3) is 2.92. The van der Waals surface area contributed by atoms with Gasteiger partial charge in [0, 0.05) is 22.4 Å². The zero-order valence-electron chi connectivity index (χ0n) is 13.3. The maximum Gasteiger partial charge on any atom is 0.282 e. The second-order valence-corrected chi connectivity index (χ2v) is 7.59. The smallest absolute Gasteiger partial charge is 0.282 e. The zero-order valence-corrected chi connectivity index (χ0v) is 15.7. The van der Waals surface area contributed by atoms with Crippen LogP contribution in [0.15, 0.2) is 51.9 Å². The van der Waals surface area contributed by atoms with Crippen molar-refractivity contribution in [2.24, 2.45) is 0 Å². The van der Waals surface area contributed by atoms with E-state index in [2.05, 4.69) is 15.9 Å². The molecule has 0 atom stereocenters. The monoisotopic (exact) mass is 418 g/mol. The number of thiophene rings is 1. The third-order valence-electron chi connectivity index (χ3n) is 4.24. The van der Waals surface area contributed by atoms with Gasteiger partial charge in [0.25, 0.3) is 11.8 Å². The van der Waals surface area contributed by atoms with Crippen molar-refractivity contribution in [1.82, 2.24) is 4.90 Å². The summed E-state index contributed by atoms with van der Waals surface area (Å²) in [5, 5.41) is 1.92. The zero-order chi connectivity index (χ0) is 17.4. The molecule has 1 aromatic carbocycles. The topological polar surface area (TPSA) is 49.9 Å². The van der Waals surface area contributed by atoms with E-state index < -0.39 is 0 Å². The van der Waals surface area contributed by atoms with E-state index >= 15 is 0 Å². The van der Waals surface area contributed by atoms with Gasteiger partial charge in [-0.25, -0.2) is 4.90 Å². The fourth-order valence-electron chi connectivity index (χ4n) is 3.07. The minimum absolute atomic E-state index is 0.266. The fraction of sp³-hybridized carbons (Fsp3) is 0.222. The molecule has 4 rings (SSSR count). The fourth-order valence-corrected chi connectivity index (χ4v) is 4.09. The Labute approximate surface area is 157 Å². The Bertz CT molecular complexity index is 840. The summed E-state index contributed by atoms with van der Waals surface area (Å²) in [4.78, 5) is 30.4. The molecule has 1 saturated heterocycles. The second kappa shape index (κ2) is 6.74. The number of hydrogen-bond donors (Lipinski definition) is 0. The maximum absolute atomic E-state index is 13.2. The van der Waals surface area contributed by atoms with Gasteiger partial charge in [0.05, 0.1) is 24.5 Å². The van der Waals surface area contributed by atoms with Crippen LogP contribution in [-0.4, -0.2) is 43.0 Å². The number of imide groups is 1. The average Bonchev–Trinajstić information content (AvgIpc) is 3.23. The Kier molecular flexibility index (Phi) is 4.45. The van der Waals surface area contributed by atoms with Crippen LogP contribution in [0.2, 0.25) is 0 Å². The van der Waals surface area contributed by atoms with Crippen LogP contribution in [0.25, 0.3) is 5.57 Å². The van der Waals surface area contributed by atoms with Gasteiger partial charge in [-0.15, -0.1) is 11.3 Å². The Morgan fingerprint density at radius 3 is 2.36 bits per heavy atom. The molecule has 2 amide bonds. The van der Waals surface area contributed by atoms with Gasteiger partial charge in [-0.2, -0.15) is 0 Å². The van der Waals surface area contributed by atoms with Gasteiger partial charge >= 0.3 is 0 Å². The molecule has 2 aliphatic rings. The highest BCUT2D eigenvalue weighted by Crippen LogP contribution is 2.36. The lowest BCUT2D eigenvalue weighted by Gasteiger charge is -2.29. The van der Waals surface area contributed by atoms with Crippen molar-refractivity contribution in [3.63, 3.8) is 0 Å². The minimum Gasteiger partial charge on any atom is -0.378 e. The van der Waals surface area contributed by atoms with E-state index in [0.717, 1.165) is 9.35 Å². The van der Waals surface area contributed by atoms with E-state index in [9.17, 15) is 9.59 Å². The van der Waals surface area contributed by atoms with Crippen LogP contribution >= 0.6 is 27.3 Å². The maximum atomic E-state index is 13.2. The molecule has 5 nitrogen and oxygen atoms in total. The molecular weight excluding hydrogens is 404 g/mol.